The Bertz CT molecular complexity index is 463. The van der Waals surface area contributed by atoms with E-state index in [9.17, 15) is 0 Å². The van der Waals surface area contributed by atoms with Crippen molar-refractivity contribution in [1.82, 2.24) is 0 Å². The maximum absolute atomic E-state index is 3.76. The standard InChI is InChI=1S/C18H18/c1-3-15-5-9-17(10-6-15)13-14-18-11-7-16(4-2)8-12-18/h3-12H,1-2,13-14H2. The normalized spacial score (nSPS) is 10.0. The first-order valence-electron chi connectivity index (χ1n) is 6.24. The molecule has 0 atom stereocenters. The van der Waals surface area contributed by atoms with Gasteiger partial charge in [-0.3, -0.25) is 0 Å². The smallest absolute Gasteiger partial charge is 0.0238 e. The summed E-state index contributed by atoms with van der Waals surface area (Å²) >= 11 is 0. The van der Waals surface area contributed by atoms with E-state index in [0.29, 0.717) is 0 Å². The van der Waals surface area contributed by atoms with Gasteiger partial charge in [0, 0.05) is 0 Å². The van der Waals surface area contributed by atoms with Gasteiger partial charge in [0.25, 0.3) is 0 Å². The van der Waals surface area contributed by atoms with E-state index >= 15 is 0 Å². The van der Waals surface area contributed by atoms with Crippen LogP contribution < -0.4 is 0 Å². The third-order valence-electron chi connectivity index (χ3n) is 3.13. The molecule has 0 N–H and O–H groups in total. The highest BCUT2D eigenvalue weighted by Gasteiger charge is 1.96. The fourth-order valence-corrected chi connectivity index (χ4v) is 1.93. The van der Waals surface area contributed by atoms with Crippen molar-refractivity contribution < 1.29 is 0 Å². The molecule has 0 heterocycles. The Morgan fingerprint density at radius 3 is 1.22 bits per heavy atom. The summed E-state index contributed by atoms with van der Waals surface area (Å²) in [7, 11) is 0. The molecule has 2 aromatic rings. The van der Waals surface area contributed by atoms with Crippen LogP contribution in [0.4, 0.5) is 0 Å². The minimum absolute atomic E-state index is 1.07. The molecule has 0 saturated heterocycles. The molecule has 0 aromatic heterocycles. The summed E-state index contributed by atoms with van der Waals surface area (Å²) in [6.07, 6.45) is 5.89. The van der Waals surface area contributed by atoms with Crippen LogP contribution in [0.5, 0.6) is 0 Å². The van der Waals surface area contributed by atoms with Crippen molar-refractivity contribution in [2.75, 3.05) is 0 Å². The Hall–Kier alpha value is -2.08. The number of benzene rings is 2. The lowest BCUT2D eigenvalue weighted by Crippen LogP contribution is -1.91. The molecule has 0 aliphatic heterocycles. The molecule has 0 unspecified atom stereocenters. The van der Waals surface area contributed by atoms with Gasteiger partial charge >= 0.3 is 0 Å². The van der Waals surface area contributed by atoms with Crippen LogP contribution in [0.2, 0.25) is 0 Å². The molecule has 18 heavy (non-hydrogen) atoms. The molecule has 90 valence electrons. The largest absolute Gasteiger partial charge is 0.0985 e. The van der Waals surface area contributed by atoms with E-state index in [4.69, 9.17) is 0 Å². The van der Waals surface area contributed by atoms with Gasteiger partial charge in [0.15, 0.2) is 0 Å². The quantitative estimate of drug-likeness (QED) is 0.700. The van der Waals surface area contributed by atoms with Gasteiger partial charge in [0.2, 0.25) is 0 Å². The summed E-state index contributed by atoms with van der Waals surface area (Å²) in [5, 5.41) is 0. The molecule has 0 nitrogen and oxygen atoms in total. The van der Waals surface area contributed by atoms with Crippen LogP contribution in [0, 0.1) is 0 Å². The minimum Gasteiger partial charge on any atom is -0.0985 e. The van der Waals surface area contributed by atoms with Crippen LogP contribution in [-0.4, -0.2) is 0 Å². The molecule has 0 fully saturated rings. The highest BCUT2D eigenvalue weighted by atomic mass is 14.0. The van der Waals surface area contributed by atoms with Gasteiger partial charge in [-0.1, -0.05) is 73.8 Å². The third kappa shape index (κ3) is 3.21. The van der Waals surface area contributed by atoms with E-state index in [1.165, 1.54) is 22.3 Å². The molecular formula is C18H18. The lowest BCUT2D eigenvalue weighted by Gasteiger charge is -2.03. The molecule has 0 radical (unpaired) electrons. The average molecular weight is 234 g/mol. The lowest BCUT2D eigenvalue weighted by atomic mass is 10.0. The third-order valence-corrected chi connectivity index (χ3v) is 3.13. The second-order valence-electron chi connectivity index (χ2n) is 4.39. The number of rotatable bonds is 5. The lowest BCUT2D eigenvalue weighted by molar-refractivity contribution is 0.960. The van der Waals surface area contributed by atoms with Gasteiger partial charge < -0.3 is 0 Å². The van der Waals surface area contributed by atoms with Crippen molar-refractivity contribution >= 4 is 12.2 Å². The van der Waals surface area contributed by atoms with Gasteiger partial charge in [0.1, 0.15) is 0 Å². The molecule has 0 amide bonds. The van der Waals surface area contributed by atoms with E-state index in [-0.39, 0.29) is 0 Å². The van der Waals surface area contributed by atoms with Gasteiger partial charge in [0.05, 0.1) is 0 Å². The average Bonchev–Trinajstić information content (AvgIpc) is 2.46. The van der Waals surface area contributed by atoms with Gasteiger partial charge in [-0.25, -0.2) is 0 Å². The van der Waals surface area contributed by atoms with Crippen LogP contribution in [-0.2, 0) is 12.8 Å². The first-order valence-corrected chi connectivity index (χ1v) is 6.24. The first-order chi connectivity index (χ1) is 8.81. The maximum atomic E-state index is 3.76. The zero-order valence-electron chi connectivity index (χ0n) is 10.6. The molecule has 0 bridgehead atoms. The van der Waals surface area contributed by atoms with Crippen molar-refractivity contribution in [2.45, 2.75) is 12.8 Å². The van der Waals surface area contributed by atoms with Crippen molar-refractivity contribution in [2.24, 2.45) is 0 Å². The molecular weight excluding hydrogens is 216 g/mol. The Balaban J connectivity index is 1.97. The van der Waals surface area contributed by atoms with E-state index in [1.54, 1.807) is 0 Å². The molecule has 0 saturated carbocycles. The summed E-state index contributed by atoms with van der Waals surface area (Å²) < 4.78 is 0. The molecule has 0 aliphatic carbocycles. The van der Waals surface area contributed by atoms with Gasteiger partial charge in [-0.05, 0) is 35.1 Å². The van der Waals surface area contributed by atoms with Gasteiger partial charge in [-0.15, -0.1) is 0 Å². The molecule has 0 spiro atoms. The molecule has 0 aliphatic rings. The number of aryl methyl sites for hydroxylation is 2. The fraction of sp³-hybridized carbons (Fsp3) is 0.111. The Morgan fingerprint density at radius 1 is 0.611 bits per heavy atom. The maximum Gasteiger partial charge on any atom is -0.0238 e. The second-order valence-corrected chi connectivity index (χ2v) is 4.39. The number of hydrogen-bond acceptors (Lipinski definition) is 0. The Labute approximate surface area is 109 Å². The summed E-state index contributed by atoms with van der Waals surface area (Å²) in [6, 6.07) is 17.2. The van der Waals surface area contributed by atoms with Crippen LogP contribution in [0.25, 0.3) is 12.2 Å². The van der Waals surface area contributed by atoms with Crippen molar-refractivity contribution in [1.29, 1.82) is 0 Å². The van der Waals surface area contributed by atoms with Gasteiger partial charge in [-0.2, -0.15) is 0 Å². The summed E-state index contributed by atoms with van der Waals surface area (Å²) in [4.78, 5) is 0. The topological polar surface area (TPSA) is 0 Å². The predicted octanol–water partition coefficient (Wildman–Crippen LogP) is 4.76. The van der Waals surface area contributed by atoms with E-state index in [2.05, 4.69) is 61.7 Å². The van der Waals surface area contributed by atoms with Crippen LogP contribution in [0.3, 0.4) is 0 Å². The molecule has 2 rings (SSSR count). The van der Waals surface area contributed by atoms with Crippen molar-refractivity contribution in [3.63, 3.8) is 0 Å². The first kappa shape index (κ1) is 12.4. The Kier molecular flexibility index (Phi) is 4.14. The van der Waals surface area contributed by atoms with E-state index < -0.39 is 0 Å². The minimum atomic E-state index is 1.07. The van der Waals surface area contributed by atoms with Crippen LogP contribution in [0.15, 0.2) is 61.7 Å². The van der Waals surface area contributed by atoms with Crippen LogP contribution >= 0.6 is 0 Å². The zero-order chi connectivity index (χ0) is 12.8. The summed E-state index contributed by atoms with van der Waals surface area (Å²) in [5.41, 5.74) is 5.09. The summed E-state index contributed by atoms with van der Waals surface area (Å²) in [6.45, 7) is 7.52. The zero-order valence-corrected chi connectivity index (χ0v) is 10.6. The molecule has 0 heteroatoms. The summed E-state index contributed by atoms with van der Waals surface area (Å²) in [5.74, 6) is 0. The molecule has 2 aromatic carbocycles. The SMILES string of the molecule is C=Cc1ccc(CCc2ccc(C=C)cc2)cc1. The second kappa shape index (κ2) is 6.02. The van der Waals surface area contributed by atoms with E-state index in [0.717, 1.165) is 12.8 Å². The highest BCUT2D eigenvalue weighted by Crippen LogP contribution is 2.11. The number of hydrogen-bond donors (Lipinski definition) is 0. The fourth-order valence-electron chi connectivity index (χ4n) is 1.93. The van der Waals surface area contributed by atoms with Crippen molar-refractivity contribution in [3.8, 4) is 0 Å². The van der Waals surface area contributed by atoms with E-state index in [1.807, 2.05) is 12.2 Å². The monoisotopic (exact) mass is 234 g/mol. The highest BCUT2D eigenvalue weighted by molar-refractivity contribution is 5.48. The van der Waals surface area contributed by atoms with Crippen molar-refractivity contribution in [3.05, 3.63) is 83.9 Å². The predicted molar refractivity (Wildman–Crippen MR) is 80.5 cm³/mol. The van der Waals surface area contributed by atoms with Crippen LogP contribution in [0.1, 0.15) is 22.3 Å². The Morgan fingerprint density at radius 2 is 0.944 bits per heavy atom.